The Bertz CT molecular complexity index is 435. The Morgan fingerprint density at radius 2 is 2.05 bits per heavy atom. The lowest BCUT2D eigenvalue weighted by atomic mass is 10.1. The van der Waals surface area contributed by atoms with E-state index in [-0.39, 0.29) is 13.2 Å². The molecule has 0 amide bonds. The molecule has 0 saturated carbocycles. The van der Waals surface area contributed by atoms with Crippen molar-refractivity contribution >= 4 is 5.97 Å². The lowest BCUT2D eigenvalue weighted by Crippen LogP contribution is -2.55. The Morgan fingerprint density at radius 1 is 1.35 bits per heavy atom. The van der Waals surface area contributed by atoms with Crippen molar-refractivity contribution in [3.8, 4) is 0 Å². The van der Waals surface area contributed by atoms with E-state index in [0.717, 1.165) is 5.56 Å². The van der Waals surface area contributed by atoms with Crippen LogP contribution < -0.4 is 0 Å². The molecular weight excluding hydrogens is 264 g/mol. The number of hydrogen-bond acceptors (Lipinski definition) is 6. The molecule has 110 valence electrons. The van der Waals surface area contributed by atoms with Gasteiger partial charge in [0, 0.05) is 6.92 Å². The first-order valence-corrected chi connectivity index (χ1v) is 6.38. The Hall–Kier alpha value is -1.47. The first-order chi connectivity index (χ1) is 9.58. The maximum atomic E-state index is 11.1. The molecule has 0 aromatic heterocycles. The van der Waals surface area contributed by atoms with Gasteiger partial charge in [0.1, 0.15) is 12.2 Å². The van der Waals surface area contributed by atoms with Gasteiger partial charge in [-0.1, -0.05) is 30.3 Å². The molecule has 2 rings (SSSR count). The van der Waals surface area contributed by atoms with Crippen LogP contribution in [0, 0.1) is 0 Å². The third kappa shape index (κ3) is 3.77. The smallest absolute Gasteiger partial charge is 0.303 e. The van der Waals surface area contributed by atoms with Crippen LogP contribution in [0.1, 0.15) is 12.5 Å². The van der Waals surface area contributed by atoms with Crippen molar-refractivity contribution in [2.45, 2.75) is 38.1 Å². The van der Waals surface area contributed by atoms with Crippen molar-refractivity contribution in [3.63, 3.8) is 0 Å². The Kier molecular flexibility index (Phi) is 5.08. The molecular formula is C14H18O6. The quantitative estimate of drug-likeness (QED) is 0.768. The van der Waals surface area contributed by atoms with Gasteiger partial charge in [-0.2, -0.15) is 0 Å². The van der Waals surface area contributed by atoms with Crippen LogP contribution in [0.5, 0.6) is 0 Å². The number of aliphatic hydroxyl groups is 2. The van der Waals surface area contributed by atoms with E-state index in [9.17, 15) is 15.0 Å². The second-order valence-electron chi connectivity index (χ2n) is 4.63. The van der Waals surface area contributed by atoms with Gasteiger partial charge in [0.05, 0.1) is 13.2 Å². The molecule has 0 aliphatic carbocycles. The van der Waals surface area contributed by atoms with E-state index < -0.39 is 30.6 Å². The number of carbonyl (C=O) groups is 1. The van der Waals surface area contributed by atoms with Crippen molar-refractivity contribution in [1.82, 2.24) is 0 Å². The minimum Gasteiger partial charge on any atom is -0.454 e. The fraction of sp³-hybridized carbons (Fsp3) is 0.500. The predicted octanol–water partition coefficient (Wildman–Crippen LogP) is 0.213. The van der Waals surface area contributed by atoms with Crippen LogP contribution in [0.15, 0.2) is 30.3 Å². The zero-order valence-corrected chi connectivity index (χ0v) is 11.1. The molecule has 4 unspecified atom stereocenters. The number of esters is 1. The SMILES string of the molecule is CC(=O)OC1C(OCc2ccccc2)OCC(O)C1O. The van der Waals surface area contributed by atoms with Gasteiger partial charge in [-0.05, 0) is 5.56 Å². The summed E-state index contributed by atoms with van der Waals surface area (Å²) in [6.07, 6.45) is -4.28. The topological polar surface area (TPSA) is 85.2 Å². The average Bonchev–Trinajstić information content (AvgIpc) is 2.44. The fourth-order valence-corrected chi connectivity index (χ4v) is 1.98. The number of rotatable bonds is 4. The van der Waals surface area contributed by atoms with Crippen molar-refractivity contribution in [2.24, 2.45) is 0 Å². The molecule has 6 heteroatoms. The highest BCUT2D eigenvalue weighted by Crippen LogP contribution is 2.21. The van der Waals surface area contributed by atoms with E-state index >= 15 is 0 Å². The van der Waals surface area contributed by atoms with Gasteiger partial charge in [0.25, 0.3) is 0 Å². The van der Waals surface area contributed by atoms with Crippen LogP contribution in [0.25, 0.3) is 0 Å². The lowest BCUT2D eigenvalue weighted by molar-refractivity contribution is -0.278. The molecule has 20 heavy (non-hydrogen) atoms. The number of ether oxygens (including phenoxy) is 3. The summed E-state index contributed by atoms with van der Waals surface area (Å²) in [6, 6.07) is 9.41. The predicted molar refractivity (Wildman–Crippen MR) is 68.5 cm³/mol. The molecule has 1 aromatic rings. The molecule has 1 aliphatic rings. The molecule has 1 saturated heterocycles. The monoisotopic (exact) mass is 282 g/mol. The number of carbonyl (C=O) groups excluding carboxylic acids is 1. The summed E-state index contributed by atoms with van der Waals surface area (Å²) in [5.74, 6) is -0.569. The van der Waals surface area contributed by atoms with Gasteiger partial charge >= 0.3 is 5.97 Å². The summed E-state index contributed by atoms with van der Waals surface area (Å²) in [6.45, 7) is 1.41. The summed E-state index contributed by atoms with van der Waals surface area (Å²) < 4.78 is 15.8. The molecule has 2 N–H and O–H groups in total. The average molecular weight is 282 g/mol. The summed E-state index contributed by atoms with van der Waals surface area (Å²) in [5, 5.41) is 19.4. The summed E-state index contributed by atoms with van der Waals surface area (Å²) in [5.41, 5.74) is 0.929. The summed E-state index contributed by atoms with van der Waals surface area (Å²) in [7, 11) is 0. The first kappa shape index (κ1) is 14.9. The second-order valence-corrected chi connectivity index (χ2v) is 4.63. The second kappa shape index (κ2) is 6.81. The molecule has 6 nitrogen and oxygen atoms in total. The maximum Gasteiger partial charge on any atom is 0.303 e. The normalized spacial score (nSPS) is 29.9. The van der Waals surface area contributed by atoms with Crippen LogP contribution >= 0.6 is 0 Å². The molecule has 4 atom stereocenters. The van der Waals surface area contributed by atoms with Crippen LogP contribution in [0.2, 0.25) is 0 Å². The van der Waals surface area contributed by atoms with Crippen molar-refractivity contribution < 1.29 is 29.2 Å². The van der Waals surface area contributed by atoms with E-state index in [0.29, 0.717) is 0 Å². The largest absolute Gasteiger partial charge is 0.454 e. The van der Waals surface area contributed by atoms with E-state index in [2.05, 4.69) is 0 Å². The third-order valence-corrected chi connectivity index (χ3v) is 2.99. The zero-order valence-electron chi connectivity index (χ0n) is 11.1. The van der Waals surface area contributed by atoms with Gasteiger partial charge in [-0.3, -0.25) is 4.79 Å². The van der Waals surface area contributed by atoms with Crippen molar-refractivity contribution in [2.75, 3.05) is 6.61 Å². The minimum absolute atomic E-state index is 0.0710. The van der Waals surface area contributed by atoms with Gasteiger partial charge in [-0.25, -0.2) is 0 Å². The Balaban J connectivity index is 1.98. The first-order valence-electron chi connectivity index (χ1n) is 6.38. The highest BCUT2D eigenvalue weighted by Gasteiger charge is 2.41. The molecule has 0 radical (unpaired) electrons. The minimum atomic E-state index is -1.23. The highest BCUT2D eigenvalue weighted by atomic mass is 16.7. The highest BCUT2D eigenvalue weighted by molar-refractivity contribution is 5.66. The standard InChI is InChI=1S/C14H18O6/c1-9(15)20-13-12(17)11(16)8-19-14(13)18-7-10-5-3-2-4-6-10/h2-6,11-14,16-17H,7-8H2,1H3. The van der Waals surface area contributed by atoms with Crippen LogP contribution in [-0.2, 0) is 25.6 Å². The van der Waals surface area contributed by atoms with Gasteiger partial charge in [-0.15, -0.1) is 0 Å². The number of benzene rings is 1. The number of hydrogen-bond donors (Lipinski definition) is 2. The van der Waals surface area contributed by atoms with Crippen molar-refractivity contribution in [3.05, 3.63) is 35.9 Å². The molecule has 1 heterocycles. The van der Waals surface area contributed by atoms with Crippen LogP contribution in [0.3, 0.4) is 0 Å². The number of aliphatic hydroxyl groups excluding tert-OH is 2. The van der Waals surface area contributed by atoms with E-state index in [1.54, 1.807) is 0 Å². The third-order valence-electron chi connectivity index (χ3n) is 2.99. The Morgan fingerprint density at radius 3 is 2.70 bits per heavy atom. The lowest BCUT2D eigenvalue weighted by Gasteiger charge is -2.37. The van der Waals surface area contributed by atoms with Gasteiger partial charge in [0.15, 0.2) is 12.4 Å². The van der Waals surface area contributed by atoms with Crippen LogP contribution in [0.4, 0.5) is 0 Å². The molecule has 1 aromatic carbocycles. The molecule has 1 fully saturated rings. The van der Waals surface area contributed by atoms with Gasteiger partial charge < -0.3 is 24.4 Å². The Labute approximate surface area is 116 Å². The fourth-order valence-electron chi connectivity index (χ4n) is 1.98. The van der Waals surface area contributed by atoms with E-state index in [1.165, 1.54) is 6.92 Å². The zero-order chi connectivity index (χ0) is 14.5. The van der Waals surface area contributed by atoms with Crippen molar-refractivity contribution in [1.29, 1.82) is 0 Å². The van der Waals surface area contributed by atoms with E-state index in [4.69, 9.17) is 14.2 Å². The summed E-state index contributed by atoms with van der Waals surface area (Å²) >= 11 is 0. The van der Waals surface area contributed by atoms with Gasteiger partial charge in [0.2, 0.25) is 0 Å². The van der Waals surface area contributed by atoms with Crippen LogP contribution in [-0.4, -0.2) is 47.4 Å². The maximum absolute atomic E-state index is 11.1. The summed E-state index contributed by atoms with van der Waals surface area (Å²) in [4.78, 5) is 11.1. The molecule has 0 spiro atoms. The van der Waals surface area contributed by atoms with E-state index in [1.807, 2.05) is 30.3 Å². The molecule has 0 bridgehead atoms. The molecule has 1 aliphatic heterocycles.